The average molecular weight is 386 g/mol. The van der Waals surface area contributed by atoms with Gasteiger partial charge in [-0.25, -0.2) is 4.52 Å². The summed E-state index contributed by atoms with van der Waals surface area (Å²) in [5.41, 5.74) is 1.06. The van der Waals surface area contributed by atoms with E-state index in [1.807, 2.05) is 0 Å². The van der Waals surface area contributed by atoms with Crippen LogP contribution in [0.25, 0.3) is 16.8 Å². The molecule has 1 N–H and O–H groups in total. The van der Waals surface area contributed by atoms with Crippen LogP contribution in [0.15, 0.2) is 61.1 Å². The van der Waals surface area contributed by atoms with Gasteiger partial charge in [0.05, 0.1) is 5.56 Å². The van der Waals surface area contributed by atoms with Crippen molar-refractivity contribution in [2.75, 3.05) is 5.32 Å². The molecule has 0 aliphatic carbocycles. The molecule has 0 aliphatic heterocycles. The van der Waals surface area contributed by atoms with E-state index in [1.165, 1.54) is 21.3 Å². The van der Waals surface area contributed by atoms with E-state index in [4.69, 9.17) is 0 Å². The fraction of sp³-hybridized carbons (Fsp3) is 0.111. The minimum atomic E-state index is -4.38. The van der Waals surface area contributed by atoms with Crippen molar-refractivity contribution >= 4 is 17.5 Å². The Labute approximate surface area is 156 Å². The van der Waals surface area contributed by atoms with Crippen LogP contribution in [0.4, 0.5) is 19.1 Å². The summed E-state index contributed by atoms with van der Waals surface area (Å²) in [5.74, 6) is -0.204. The molecule has 0 saturated heterocycles. The molecular formula is C18H13F3N6O. The van der Waals surface area contributed by atoms with Gasteiger partial charge < -0.3 is 0 Å². The van der Waals surface area contributed by atoms with Gasteiger partial charge in [-0.15, -0.1) is 5.10 Å². The molecule has 3 heterocycles. The zero-order chi connectivity index (χ0) is 19.7. The summed E-state index contributed by atoms with van der Waals surface area (Å²) in [6.45, 7) is 0.0271. The van der Waals surface area contributed by atoms with Crippen LogP contribution in [0.5, 0.6) is 0 Å². The number of alkyl halides is 3. The highest BCUT2D eigenvalue weighted by molar-refractivity contribution is 5.88. The molecule has 0 atom stereocenters. The lowest BCUT2D eigenvalue weighted by molar-refractivity contribution is -0.137. The zero-order valence-corrected chi connectivity index (χ0v) is 14.3. The van der Waals surface area contributed by atoms with Crippen molar-refractivity contribution in [1.29, 1.82) is 0 Å². The van der Waals surface area contributed by atoms with Gasteiger partial charge in [-0.1, -0.05) is 12.1 Å². The van der Waals surface area contributed by atoms with Crippen molar-refractivity contribution in [1.82, 2.24) is 24.4 Å². The van der Waals surface area contributed by atoms with Gasteiger partial charge in [0.1, 0.15) is 6.54 Å². The maximum absolute atomic E-state index is 12.7. The van der Waals surface area contributed by atoms with Crippen LogP contribution in [0.3, 0.4) is 0 Å². The van der Waals surface area contributed by atoms with E-state index in [0.29, 0.717) is 16.8 Å². The van der Waals surface area contributed by atoms with E-state index in [-0.39, 0.29) is 18.4 Å². The first-order chi connectivity index (χ1) is 13.4. The Bertz CT molecular complexity index is 1120. The summed E-state index contributed by atoms with van der Waals surface area (Å²) in [5, 5.41) is 10.7. The van der Waals surface area contributed by atoms with E-state index in [0.717, 1.165) is 12.1 Å². The Balaban J connectivity index is 1.54. The van der Waals surface area contributed by atoms with Crippen molar-refractivity contribution in [3.8, 4) is 11.1 Å². The SMILES string of the molecule is O=C(Cn1cccn1)Nc1nc2ccc(-c3ccc(C(F)(F)F)cc3)cn2n1. The third-order valence-electron chi connectivity index (χ3n) is 3.99. The molecule has 3 aromatic heterocycles. The van der Waals surface area contributed by atoms with Gasteiger partial charge >= 0.3 is 6.18 Å². The second kappa shape index (κ2) is 6.80. The Hall–Kier alpha value is -3.69. The minimum Gasteiger partial charge on any atom is -0.292 e. The fourth-order valence-corrected chi connectivity index (χ4v) is 2.66. The number of pyridine rings is 1. The number of nitrogens with zero attached hydrogens (tertiary/aromatic N) is 5. The summed E-state index contributed by atoms with van der Waals surface area (Å²) < 4.78 is 41.0. The van der Waals surface area contributed by atoms with Crippen LogP contribution >= 0.6 is 0 Å². The molecule has 0 bridgehead atoms. The fourth-order valence-electron chi connectivity index (χ4n) is 2.66. The number of benzene rings is 1. The number of halogens is 3. The molecule has 7 nitrogen and oxygen atoms in total. The summed E-state index contributed by atoms with van der Waals surface area (Å²) in [7, 11) is 0. The highest BCUT2D eigenvalue weighted by atomic mass is 19.4. The molecule has 0 fully saturated rings. The van der Waals surface area contributed by atoms with Crippen molar-refractivity contribution in [3.05, 3.63) is 66.6 Å². The van der Waals surface area contributed by atoms with E-state index in [2.05, 4.69) is 20.5 Å². The number of anilines is 1. The number of hydrogen-bond acceptors (Lipinski definition) is 4. The molecule has 4 aromatic rings. The molecule has 1 aromatic carbocycles. The summed E-state index contributed by atoms with van der Waals surface area (Å²) in [4.78, 5) is 16.2. The predicted octanol–water partition coefficient (Wildman–Crippen LogP) is 3.25. The Kier molecular flexibility index (Phi) is 4.30. The first-order valence-corrected chi connectivity index (χ1v) is 8.20. The lowest BCUT2D eigenvalue weighted by Gasteiger charge is -2.07. The topological polar surface area (TPSA) is 77.1 Å². The van der Waals surface area contributed by atoms with Crippen molar-refractivity contribution in [3.63, 3.8) is 0 Å². The quantitative estimate of drug-likeness (QED) is 0.584. The molecule has 0 radical (unpaired) electrons. The Morgan fingerprint density at radius 3 is 2.50 bits per heavy atom. The average Bonchev–Trinajstić information content (AvgIpc) is 3.29. The minimum absolute atomic E-state index is 0.0271. The van der Waals surface area contributed by atoms with E-state index in [9.17, 15) is 18.0 Å². The molecule has 10 heteroatoms. The number of rotatable bonds is 4. The van der Waals surface area contributed by atoms with Gasteiger partial charge in [0.2, 0.25) is 11.9 Å². The molecule has 0 aliphatic rings. The smallest absolute Gasteiger partial charge is 0.292 e. The van der Waals surface area contributed by atoms with Gasteiger partial charge in [-0.2, -0.15) is 23.3 Å². The van der Waals surface area contributed by atoms with Crippen molar-refractivity contribution < 1.29 is 18.0 Å². The maximum Gasteiger partial charge on any atom is 0.416 e. The number of hydrogen-bond donors (Lipinski definition) is 1. The van der Waals surface area contributed by atoms with Gasteiger partial charge in [0, 0.05) is 24.2 Å². The number of fused-ring (bicyclic) bond motifs is 1. The highest BCUT2D eigenvalue weighted by Gasteiger charge is 2.29. The largest absolute Gasteiger partial charge is 0.416 e. The Morgan fingerprint density at radius 2 is 1.82 bits per heavy atom. The monoisotopic (exact) mass is 386 g/mol. The standard InChI is InChI=1S/C18H13F3N6O/c19-18(20,21)14-5-2-12(3-6-14)13-4-7-15-23-17(25-27(15)10-13)24-16(28)11-26-9-1-8-22-26/h1-10H,11H2,(H,24,25,28). The van der Waals surface area contributed by atoms with Crippen LogP contribution in [0, 0.1) is 0 Å². The number of carbonyl (C=O) groups excluding carboxylic acids is 1. The van der Waals surface area contributed by atoms with Gasteiger partial charge in [-0.05, 0) is 35.9 Å². The van der Waals surface area contributed by atoms with Crippen molar-refractivity contribution in [2.45, 2.75) is 12.7 Å². The maximum atomic E-state index is 12.7. The van der Waals surface area contributed by atoms with Crippen LogP contribution in [-0.2, 0) is 17.5 Å². The molecule has 142 valence electrons. The number of amides is 1. The number of nitrogens with one attached hydrogen (secondary N) is 1. The van der Waals surface area contributed by atoms with Crippen LogP contribution in [0.1, 0.15) is 5.56 Å². The van der Waals surface area contributed by atoms with Crippen LogP contribution < -0.4 is 5.32 Å². The van der Waals surface area contributed by atoms with Crippen molar-refractivity contribution in [2.24, 2.45) is 0 Å². The second-order valence-electron chi connectivity index (χ2n) is 5.98. The summed E-state index contributed by atoms with van der Waals surface area (Å²) >= 11 is 0. The normalized spacial score (nSPS) is 11.7. The third-order valence-corrected chi connectivity index (χ3v) is 3.99. The molecule has 0 unspecified atom stereocenters. The summed E-state index contributed by atoms with van der Waals surface area (Å²) in [6.07, 6.45) is 0.484. The summed E-state index contributed by atoms with van der Waals surface area (Å²) in [6, 6.07) is 9.95. The predicted molar refractivity (Wildman–Crippen MR) is 94.3 cm³/mol. The molecule has 0 saturated carbocycles. The molecule has 1 amide bonds. The number of carbonyl (C=O) groups is 1. The molecule has 28 heavy (non-hydrogen) atoms. The Morgan fingerprint density at radius 1 is 1.07 bits per heavy atom. The number of aromatic nitrogens is 5. The van der Waals surface area contributed by atoms with E-state index < -0.39 is 11.7 Å². The second-order valence-corrected chi connectivity index (χ2v) is 5.98. The van der Waals surface area contributed by atoms with E-state index in [1.54, 1.807) is 36.8 Å². The van der Waals surface area contributed by atoms with E-state index >= 15 is 0 Å². The van der Waals surface area contributed by atoms with Gasteiger partial charge in [0.15, 0.2) is 5.65 Å². The van der Waals surface area contributed by atoms with Gasteiger partial charge in [-0.3, -0.25) is 14.8 Å². The third kappa shape index (κ3) is 3.70. The first-order valence-electron chi connectivity index (χ1n) is 8.20. The highest BCUT2D eigenvalue weighted by Crippen LogP contribution is 2.31. The van der Waals surface area contributed by atoms with Gasteiger partial charge in [0.25, 0.3) is 0 Å². The lowest BCUT2D eigenvalue weighted by atomic mass is 10.1. The molecule has 0 spiro atoms. The molecular weight excluding hydrogens is 373 g/mol. The lowest BCUT2D eigenvalue weighted by Crippen LogP contribution is -2.19. The van der Waals surface area contributed by atoms with Crippen LogP contribution in [0.2, 0.25) is 0 Å². The van der Waals surface area contributed by atoms with Crippen LogP contribution in [-0.4, -0.2) is 30.3 Å². The first kappa shape index (κ1) is 17.7. The zero-order valence-electron chi connectivity index (χ0n) is 14.3. The molecule has 4 rings (SSSR count).